The van der Waals surface area contributed by atoms with Crippen LogP contribution in [0.25, 0.3) is 0 Å². The molecule has 0 aromatic rings. The third kappa shape index (κ3) is 4.66. The van der Waals surface area contributed by atoms with Crippen molar-refractivity contribution in [2.45, 2.75) is 18.3 Å². The Bertz CT molecular complexity index is 246. The van der Waals surface area contributed by atoms with Gasteiger partial charge in [0.15, 0.2) is 6.10 Å². The molecule has 6 N–H and O–H groups in total. The van der Waals surface area contributed by atoms with Crippen LogP contribution in [-0.2, 0) is 9.36 Å². The summed E-state index contributed by atoms with van der Waals surface area (Å²) in [7, 11) is -4.56. The second-order valence-corrected chi connectivity index (χ2v) is 4.38. The third-order valence-electron chi connectivity index (χ3n) is 1.40. The molecule has 0 radical (unpaired) electrons. The minimum atomic E-state index is -4.56. The molecule has 0 rings (SSSR count). The molecule has 84 valence electrons. The highest BCUT2D eigenvalue weighted by molar-refractivity contribution is 7.51. The molecule has 0 aromatic heterocycles. The van der Waals surface area contributed by atoms with E-state index in [4.69, 9.17) is 30.2 Å². The fourth-order valence-corrected chi connectivity index (χ4v) is 1.41. The van der Waals surface area contributed by atoms with Gasteiger partial charge in [-0.15, -0.1) is 0 Å². The summed E-state index contributed by atoms with van der Waals surface area (Å²) in [5.41, 5.74) is 0. The van der Waals surface area contributed by atoms with E-state index in [1.165, 1.54) is 0 Å². The Morgan fingerprint density at radius 1 is 1.21 bits per heavy atom. The maximum absolute atomic E-state index is 10.3. The molecule has 0 aromatic carbocycles. The van der Waals surface area contributed by atoms with E-state index in [9.17, 15) is 9.36 Å². The van der Waals surface area contributed by atoms with E-state index in [2.05, 4.69) is 0 Å². The first-order valence-corrected chi connectivity index (χ1v) is 5.26. The summed E-state index contributed by atoms with van der Waals surface area (Å²) in [4.78, 5) is 26.8. The molecule has 0 fully saturated rings. The van der Waals surface area contributed by atoms with Gasteiger partial charge < -0.3 is 30.2 Å². The fraction of sp³-hybridized carbons (Fsp3) is 0.800. The zero-order chi connectivity index (χ0) is 11.5. The molecule has 0 aliphatic rings. The number of rotatable bonds is 5. The lowest BCUT2D eigenvalue weighted by molar-refractivity contribution is -0.157. The van der Waals surface area contributed by atoms with E-state index >= 15 is 0 Å². The average molecular weight is 230 g/mol. The Morgan fingerprint density at radius 2 is 1.64 bits per heavy atom. The molecular formula is C5H11O8P. The fourth-order valence-electron chi connectivity index (χ4n) is 0.708. The van der Waals surface area contributed by atoms with Gasteiger partial charge in [0.05, 0.1) is 12.3 Å². The van der Waals surface area contributed by atoms with Crippen LogP contribution < -0.4 is 0 Å². The van der Waals surface area contributed by atoms with Gasteiger partial charge in [-0.2, -0.15) is 0 Å². The summed E-state index contributed by atoms with van der Waals surface area (Å²) in [6.07, 6.45) is -7.53. The van der Waals surface area contributed by atoms with E-state index in [-0.39, 0.29) is 0 Å². The lowest BCUT2D eigenvalue weighted by Crippen LogP contribution is -2.43. The zero-order valence-corrected chi connectivity index (χ0v) is 7.78. The predicted molar refractivity (Wildman–Crippen MR) is 42.6 cm³/mol. The molecule has 3 atom stereocenters. The van der Waals surface area contributed by atoms with Crippen LogP contribution in [-0.4, -0.2) is 60.7 Å². The Labute approximate surface area is 78.6 Å². The van der Waals surface area contributed by atoms with E-state index in [1.807, 2.05) is 0 Å². The van der Waals surface area contributed by atoms with Crippen LogP contribution in [0.2, 0.25) is 0 Å². The van der Waals surface area contributed by atoms with Crippen molar-refractivity contribution in [2.75, 3.05) is 6.16 Å². The van der Waals surface area contributed by atoms with Crippen LogP contribution in [0, 0.1) is 0 Å². The van der Waals surface area contributed by atoms with Crippen molar-refractivity contribution in [3.8, 4) is 0 Å². The zero-order valence-electron chi connectivity index (χ0n) is 6.89. The van der Waals surface area contributed by atoms with E-state index in [1.54, 1.807) is 0 Å². The normalized spacial score (nSPS) is 18.6. The van der Waals surface area contributed by atoms with Crippen LogP contribution in [0.15, 0.2) is 0 Å². The maximum atomic E-state index is 10.3. The van der Waals surface area contributed by atoms with Gasteiger partial charge in [0.1, 0.15) is 6.10 Å². The molecule has 0 saturated carbocycles. The standard InChI is InChI=1S/C5H11O8P/c6-2(1-14(11,12)13)3(7)4(8)5(9)10/h2-4,6-8H,1H2,(H,9,10)(H2,11,12,13)/t2-,3-,4+/m1/s1. The first-order valence-electron chi connectivity index (χ1n) is 3.46. The van der Waals surface area contributed by atoms with Crippen molar-refractivity contribution in [1.82, 2.24) is 0 Å². The second kappa shape index (κ2) is 4.83. The van der Waals surface area contributed by atoms with Crippen molar-refractivity contribution < 1.29 is 39.6 Å². The summed E-state index contributed by atoms with van der Waals surface area (Å²) in [5.74, 6) is -1.79. The highest BCUT2D eigenvalue weighted by Crippen LogP contribution is 2.35. The Hall–Kier alpha value is -0.500. The molecule has 0 saturated heterocycles. The first-order chi connectivity index (χ1) is 6.15. The maximum Gasteiger partial charge on any atom is 0.335 e. The number of hydrogen-bond donors (Lipinski definition) is 6. The van der Waals surface area contributed by atoms with Gasteiger partial charge in [-0.3, -0.25) is 4.57 Å². The molecule has 0 unspecified atom stereocenters. The molecule has 0 amide bonds. The molecule has 14 heavy (non-hydrogen) atoms. The van der Waals surface area contributed by atoms with E-state index < -0.39 is 38.0 Å². The molecule has 9 heteroatoms. The van der Waals surface area contributed by atoms with Crippen LogP contribution in [0.4, 0.5) is 0 Å². The number of aliphatic hydroxyl groups excluding tert-OH is 3. The number of aliphatic carboxylic acids is 1. The molecule has 0 aliphatic heterocycles. The molecule has 8 nitrogen and oxygen atoms in total. The summed E-state index contributed by atoms with van der Waals surface area (Å²) in [6.45, 7) is 0. The summed E-state index contributed by atoms with van der Waals surface area (Å²) < 4.78 is 10.3. The van der Waals surface area contributed by atoms with Gasteiger partial charge in [0.25, 0.3) is 0 Å². The highest BCUT2D eigenvalue weighted by Gasteiger charge is 2.33. The topological polar surface area (TPSA) is 156 Å². The van der Waals surface area contributed by atoms with Gasteiger partial charge in [0, 0.05) is 0 Å². The van der Waals surface area contributed by atoms with E-state index in [0.29, 0.717) is 0 Å². The van der Waals surface area contributed by atoms with Gasteiger partial charge in [-0.1, -0.05) is 0 Å². The quantitative estimate of drug-likeness (QED) is 0.279. The number of aliphatic hydroxyl groups is 3. The Morgan fingerprint density at radius 3 is 1.93 bits per heavy atom. The summed E-state index contributed by atoms with van der Waals surface area (Å²) in [6, 6.07) is 0. The predicted octanol–water partition coefficient (Wildman–Crippen LogP) is -2.67. The number of carbonyl (C=O) groups is 1. The van der Waals surface area contributed by atoms with Crippen molar-refractivity contribution >= 4 is 13.6 Å². The van der Waals surface area contributed by atoms with Crippen molar-refractivity contribution in [3.63, 3.8) is 0 Å². The van der Waals surface area contributed by atoms with Crippen molar-refractivity contribution in [3.05, 3.63) is 0 Å². The Balaban J connectivity index is 4.32. The smallest absolute Gasteiger partial charge is 0.335 e. The van der Waals surface area contributed by atoms with Crippen LogP contribution in [0.5, 0.6) is 0 Å². The van der Waals surface area contributed by atoms with Crippen molar-refractivity contribution in [1.29, 1.82) is 0 Å². The van der Waals surface area contributed by atoms with E-state index in [0.717, 1.165) is 0 Å². The second-order valence-electron chi connectivity index (χ2n) is 2.69. The van der Waals surface area contributed by atoms with Gasteiger partial charge in [-0.05, 0) is 0 Å². The number of carboxylic acids is 1. The summed E-state index contributed by atoms with van der Waals surface area (Å²) in [5, 5.41) is 34.7. The average Bonchev–Trinajstić information content (AvgIpc) is 1.98. The number of hydrogen-bond acceptors (Lipinski definition) is 5. The highest BCUT2D eigenvalue weighted by atomic mass is 31.2. The van der Waals surface area contributed by atoms with Crippen LogP contribution >= 0.6 is 7.60 Å². The largest absolute Gasteiger partial charge is 0.479 e. The molecule has 0 bridgehead atoms. The minimum Gasteiger partial charge on any atom is -0.479 e. The number of carboxylic acid groups (broad SMARTS) is 1. The van der Waals surface area contributed by atoms with Crippen LogP contribution in [0.3, 0.4) is 0 Å². The van der Waals surface area contributed by atoms with Gasteiger partial charge in [-0.25, -0.2) is 4.79 Å². The molecule has 0 aliphatic carbocycles. The Kier molecular flexibility index (Phi) is 4.66. The molecular weight excluding hydrogens is 219 g/mol. The lowest BCUT2D eigenvalue weighted by atomic mass is 10.1. The van der Waals surface area contributed by atoms with Crippen molar-refractivity contribution in [2.24, 2.45) is 0 Å². The molecule has 0 spiro atoms. The lowest BCUT2D eigenvalue weighted by Gasteiger charge is -2.20. The van der Waals surface area contributed by atoms with Crippen LogP contribution in [0.1, 0.15) is 0 Å². The third-order valence-corrected chi connectivity index (χ3v) is 2.25. The molecule has 0 heterocycles. The first kappa shape index (κ1) is 13.5. The van der Waals surface area contributed by atoms with Gasteiger partial charge in [0.2, 0.25) is 0 Å². The monoisotopic (exact) mass is 230 g/mol. The van der Waals surface area contributed by atoms with Gasteiger partial charge >= 0.3 is 13.6 Å². The minimum absolute atomic E-state index is 1.11. The summed E-state index contributed by atoms with van der Waals surface area (Å²) >= 11 is 0. The SMILES string of the molecule is O=C(O)[C@@H](O)[C@H](O)[C@H](O)CP(=O)(O)O.